The highest BCUT2D eigenvalue weighted by Gasteiger charge is 2.35. The van der Waals surface area contributed by atoms with Gasteiger partial charge < -0.3 is 10.1 Å². The van der Waals surface area contributed by atoms with Gasteiger partial charge in [-0.25, -0.2) is 9.18 Å². The fourth-order valence-electron chi connectivity index (χ4n) is 2.95. The molecule has 0 radical (unpaired) electrons. The van der Waals surface area contributed by atoms with Crippen molar-refractivity contribution in [1.82, 2.24) is 5.32 Å². The molecule has 0 saturated carbocycles. The number of rotatable bonds is 3. The normalized spacial score (nSPS) is 17.2. The third-order valence-electron chi connectivity index (χ3n) is 4.18. The van der Waals surface area contributed by atoms with Crippen LogP contribution in [0.4, 0.5) is 10.1 Å². The first-order valence-electron chi connectivity index (χ1n) is 7.83. The minimum atomic E-state index is -0.535. The number of ether oxygens (including phenoxy) is 1. The number of hydrogen-bond donors (Lipinski definition) is 1. The van der Waals surface area contributed by atoms with Crippen molar-refractivity contribution in [1.29, 1.82) is 0 Å². The van der Waals surface area contributed by atoms with Crippen LogP contribution < -0.4 is 10.2 Å². The van der Waals surface area contributed by atoms with Crippen LogP contribution in [0.1, 0.15) is 18.5 Å². The van der Waals surface area contributed by atoms with Gasteiger partial charge in [-0.2, -0.15) is 0 Å². The first-order chi connectivity index (χ1) is 12.4. The van der Waals surface area contributed by atoms with Gasteiger partial charge in [-0.15, -0.1) is 0 Å². The third kappa shape index (κ3) is 3.37. The van der Waals surface area contributed by atoms with Gasteiger partial charge in [0.05, 0.1) is 23.2 Å². The van der Waals surface area contributed by atoms with Crippen molar-refractivity contribution in [2.75, 3.05) is 12.0 Å². The Labute approximate surface area is 164 Å². The van der Waals surface area contributed by atoms with Crippen LogP contribution in [0.5, 0.6) is 0 Å². The molecular weight excluding hydrogens is 419 g/mol. The van der Waals surface area contributed by atoms with Crippen molar-refractivity contribution in [2.24, 2.45) is 0 Å². The molecule has 0 bridgehead atoms. The topological polar surface area (TPSA) is 41.6 Å². The van der Waals surface area contributed by atoms with Crippen LogP contribution in [0.2, 0.25) is 0 Å². The van der Waals surface area contributed by atoms with Crippen molar-refractivity contribution in [3.05, 3.63) is 75.7 Å². The molecule has 134 valence electrons. The monoisotopic (exact) mass is 434 g/mol. The maximum absolute atomic E-state index is 13.6. The van der Waals surface area contributed by atoms with Gasteiger partial charge >= 0.3 is 5.97 Å². The zero-order valence-electron chi connectivity index (χ0n) is 14.1. The summed E-state index contributed by atoms with van der Waals surface area (Å²) in [7, 11) is 1.33. The van der Waals surface area contributed by atoms with Crippen molar-refractivity contribution in [2.45, 2.75) is 13.0 Å². The molecule has 1 aliphatic heterocycles. The second-order valence-electron chi connectivity index (χ2n) is 5.72. The zero-order chi connectivity index (χ0) is 18.8. The van der Waals surface area contributed by atoms with Crippen molar-refractivity contribution >= 4 is 44.9 Å². The van der Waals surface area contributed by atoms with E-state index in [4.69, 9.17) is 17.0 Å². The average molecular weight is 435 g/mol. The molecule has 7 heteroatoms. The molecule has 1 unspecified atom stereocenters. The van der Waals surface area contributed by atoms with E-state index in [2.05, 4.69) is 21.2 Å². The number of benzene rings is 2. The van der Waals surface area contributed by atoms with Gasteiger partial charge in [-0.05, 0) is 64.9 Å². The van der Waals surface area contributed by atoms with Gasteiger partial charge in [0, 0.05) is 11.4 Å². The number of anilines is 1. The zero-order valence-corrected chi connectivity index (χ0v) is 16.5. The Morgan fingerprint density at radius 3 is 2.58 bits per heavy atom. The fraction of sp³-hybridized carbons (Fsp3) is 0.158. The van der Waals surface area contributed by atoms with E-state index >= 15 is 0 Å². The van der Waals surface area contributed by atoms with Gasteiger partial charge in [0.25, 0.3) is 0 Å². The number of carbonyl (C=O) groups is 1. The number of methoxy groups -OCH3 is 1. The number of thiocarbonyl (C=S) groups is 1. The lowest BCUT2D eigenvalue weighted by Crippen LogP contribution is -2.48. The average Bonchev–Trinajstić information content (AvgIpc) is 2.64. The molecule has 1 atom stereocenters. The SMILES string of the molecule is COC(=O)C1=C(C)N(c2ccccc2)C(=S)NC1c1ccc(F)c(Br)c1. The smallest absolute Gasteiger partial charge is 0.337 e. The van der Waals surface area contributed by atoms with Crippen molar-refractivity contribution < 1.29 is 13.9 Å². The molecule has 0 spiro atoms. The van der Waals surface area contributed by atoms with Crippen LogP contribution >= 0.6 is 28.1 Å². The van der Waals surface area contributed by atoms with Crippen LogP contribution in [-0.2, 0) is 9.53 Å². The summed E-state index contributed by atoms with van der Waals surface area (Å²) in [6.45, 7) is 1.82. The summed E-state index contributed by atoms with van der Waals surface area (Å²) in [5.74, 6) is -0.845. The Balaban J connectivity index is 2.14. The molecule has 0 amide bonds. The van der Waals surface area contributed by atoms with Crippen molar-refractivity contribution in [3.63, 3.8) is 0 Å². The summed E-state index contributed by atoms with van der Waals surface area (Å²) in [6.07, 6.45) is 0. The predicted molar refractivity (Wildman–Crippen MR) is 106 cm³/mol. The highest BCUT2D eigenvalue weighted by molar-refractivity contribution is 9.10. The van der Waals surface area contributed by atoms with E-state index in [-0.39, 0.29) is 5.82 Å². The summed E-state index contributed by atoms with van der Waals surface area (Å²) >= 11 is 8.73. The number of nitrogens with one attached hydrogen (secondary N) is 1. The maximum atomic E-state index is 13.6. The van der Waals surface area contributed by atoms with Crippen LogP contribution in [0.3, 0.4) is 0 Å². The number of halogens is 2. The second-order valence-corrected chi connectivity index (χ2v) is 6.96. The summed E-state index contributed by atoms with van der Waals surface area (Å²) in [5, 5.41) is 3.63. The lowest BCUT2D eigenvalue weighted by molar-refractivity contribution is -0.136. The van der Waals surface area contributed by atoms with E-state index in [0.29, 0.717) is 26.4 Å². The van der Waals surface area contributed by atoms with Crippen LogP contribution in [0.15, 0.2) is 64.3 Å². The van der Waals surface area contributed by atoms with Crippen LogP contribution in [0.25, 0.3) is 0 Å². The summed E-state index contributed by atoms with van der Waals surface area (Å²) in [5.41, 5.74) is 2.62. The molecule has 2 aromatic rings. The minimum Gasteiger partial charge on any atom is -0.466 e. The molecule has 3 rings (SSSR count). The summed E-state index contributed by atoms with van der Waals surface area (Å²) in [6, 6.07) is 13.6. The predicted octanol–water partition coefficient (Wildman–Crippen LogP) is 4.47. The van der Waals surface area contributed by atoms with Gasteiger partial charge in [-0.3, -0.25) is 4.90 Å². The van der Waals surface area contributed by atoms with E-state index in [1.165, 1.54) is 13.2 Å². The Morgan fingerprint density at radius 1 is 1.27 bits per heavy atom. The summed E-state index contributed by atoms with van der Waals surface area (Å²) < 4.78 is 18.9. The first-order valence-corrected chi connectivity index (χ1v) is 9.04. The largest absolute Gasteiger partial charge is 0.466 e. The van der Waals surface area contributed by atoms with Gasteiger partial charge in [-0.1, -0.05) is 24.3 Å². The molecule has 0 aliphatic carbocycles. The van der Waals surface area contributed by atoms with E-state index in [1.807, 2.05) is 37.3 Å². The quantitative estimate of drug-likeness (QED) is 0.569. The van der Waals surface area contributed by atoms with E-state index in [9.17, 15) is 9.18 Å². The number of allylic oxidation sites excluding steroid dienone is 1. The van der Waals surface area contributed by atoms with E-state index in [0.717, 1.165) is 5.69 Å². The Kier molecular flexibility index (Phi) is 5.38. The van der Waals surface area contributed by atoms with Crippen molar-refractivity contribution in [3.8, 4) is 0 Å². The van der Waals surface area contributed by atoms with Gasteiger partial charge in [0.2, 0.25) is 0 Å². The molecule has 2 aromatic carbocycles. The molecule has 0 fully saturated rings. The van der Waals surface area contributed by atoms with Gasteiger partial charge in [0.1, 0.15) is 5.82 Å². The van der Waals surface area contributed by atoms with E-state index < -0.39 is 12.0 Å². The molecule has 1 aliphatic rings. The fourth-order valence-corrected chi connectivity index (χ4v) is 3.70. The molecule has 1 heterocycles. The van der Waals surface area contributed by atoms with Crippen LogP contribution in [-0.4, -0.2) is 18.2 Å². The molecule has 0 aromatic heterocycles. The summed E-state index contributed by atoms with van der Waals surface area (Å²) in [4.78, 5) is 14.3. The Hall–Kier alpha value is -2.25. The number of esters is 1. The number of para-hydroxylation sites is 1. The molecule has 1 N–H and O–H groups in total. The molecular formula is C19H16BrFN2O2S. The highest BCUT2D eigenvalue weighted by atomic mass is 79.9. The molecule has 26 heavy (non-hydrogen) atoms. The Morgan fingerprint density at radius 2 is 1.96 bits per heavy atom. The second kappa shape index (κ2) is 7.55. The van der Waals surface area contributed by atoms with Crippen LogP contribution in [0, 0.1) is 5.82 Å². The number of nitrogens with zero attached hydrogens (tertiary/aromatic N) is 1. The maximum Gasteiger partial charge on any atom is 0.337 e. The number of hydrogen-bond acceptors (Lipinski definition) is 3. The Bertz CT molecular complexity index is 902. The lowest BCUT2D eigenvalue weighted by atomic mass is 9.94. The van der Waals surface area contributed by atoms with Gasteiger partial charge in [0.15, 0.2) is 5.11 Å². The standard InChI is InChI=1S/C19H16BrFN2O2S/c1-11-16(18(24)25-2)17(12-8-9-15(21)14(20)10-12)22-19(26)23(11)13-6-4-3-5-7-13/h3-10,17H,1-2H3,(H,22,26). The molecule has 0 saturated heterocycles. The molecule has 4 nitrogen and oxygen atoms in total. The van der Waals surface area contributed by atoms with E-state index in [1.54, 1.807) is 17.0 Å². The minimum absolute atomic E-state index is 0.315. The first kappa shape index (κ1) is 18.5. The highest BCUT2D eigenvalue weighted by Crippen LogP contribution is 2.35. The number of carbonyl (C=O) groups excluding carboxylic acids is 1. The third-order valence-corrected chi connectivity index (χ3v) is 5.09. The lowest BCUT2D eigenvalue weighted by Gasteiger charge is -2.37.